The van der Waals surface area contributed by atoms with E-state index in [4.69, 9.17) is 21.1 Å². The van der Waals surface area contributed by atoms with Crippen LogP contribution in [0.5, 0.6) is 11.5 Å². The lowest BCUT2D eigenvalue weighted by Crippen LogP contribution is -2.13. The largest absolute Gasteiger partial charge is 0.495 e. The summed E-state index contributed by atoms with van der Waals surface area (Å²) in [5.74, 6) is 0.750. The highest BCUT2D eigenvalue weighted by atomic mass is 35.5. The Balaban J connectivity index is 1.84. The molecule has 8 heteroatoms. The first-order chi connectivity index (χ1) is 12.0. The van der Waals surface area contributed by atoms with E-state index in [1.54, 1.807) is 24.3 Å². The molecule has 1 N–H and O–H groups in total. The van der Waals surface area contributed by atoms with Gasteiger partial charge in [0.25, 0.3) is 5.69 Å². The van der Waals surface area contributed by atoms with E-state index in [0.29, 0.717) is 29.5 Å². The van der Waals surface area contributed by atoms with Gasteiger partial charge in [-0.15, -0.1) is 0 Å². The summed E-state index contributed by atoms with van der Waals surface area (Å²) in [7, 11) is 1.43. The second-order valence-electron chi connectivity index (χ2n) is 5.10. The summed E-state index contributed by atoms with van der Waals surface area (Å²) >= 11 is 5.79. The fraction of sp³-hybridized carbons (Fsp3) is 0.235. The maximum absolute atomic E-state index is 12.0. The van der Waals surface area contributed by atoms with Crippen molar-refractivity contribution in [3.05, 3.63) is 57.6 Å². The van der Waals surface area contributed by atoms with Gasteiger partial charge < -0.3 is 14.8 Å². The van der Waals surface area contributed by atoms with Crippen LogP contribution in [-0.2, 0) is 4.79 Å². The van der Waals surface area contributed by atoms with Crippen molar-refractivity contribution in [3.63, 3.8) is 0 Å². The minimum Gasteiger partial charge on any atom is -0.495 e. The van der Waals surface area contributed by atoms with Gasteiger partial charge in [-0.2, -0.15) is 0 Å². The van der Waals surface area contributed by atoms with Crippen molar-refractivity contribution in [2.75, 3.05) is 19.0 Å². The number of hydrogen-bond donors (Lipinski definition) is 1. The molecule has 1 amide bonds. The molecule has 0 aliphatic carbocycles. The molecule has 0 fully saturated rings. The van der Waals surface area contributed by atoms with Crippen molar-refractivity contribution in [1.82, 2.24) is 0 Å². The van der Waals surface area contributed by atoms with Crippen LogP contribution in [0.2, 0.25) is 5.02 Å². The molecule has 0 spiro atoms. The molecular weight excluding hydrogens is 348 g/mol. The monoisotopic (exact) mass is 364 g/mol. The number of non-ortho nitro benzene ring substituents is 1. The van der Waals surface area contributed by atoms with Gasteiger partial charge in [0.05, 0.1) is 24.3 Å². The van der Waals surface area contributed by atoms with Crippen molar-refractivity contribution in [1.29, 1.82) is 0 Å². The van der Waals surface area contributed by atoms with Gasteiger partial charge in [0, 0.05) is 23.6 Å². The fourth-order valence-corrected chi connectivity index (χ4v) is 2.20. The molecular formula is C17H17ClN2O5. The molecule has 2 aromatic rings. The minimum absolute atomic E-state index is 0.123. The number of carbonyl (C=O) groups excluding carboxylic acids is 1. The van der Waals surface area contributed by atoms with E-state index < -0.39 is 4.92 Å². The Morgan fingerprint density at radius 2 is 1.96 bits per heavy atom. The molecule has 25 heavy (non-hydrogen) atoms. The van der Waals surface area contributed by atoms with E-state index >= 15 is 0 Å². The van der Waals surface area contributed by atoms with E-state index in [2.05, 4.69) is 5.32 Å². The molecule has 0 unspecified atom stereocenters. The van der Waals surface area contributed by atoms with Crippen LogP contribution in [0.15, 0.2) is 42.5 Å². The molecule has 0 radical (unpaired) electrons. The van der Waals surface area contributed by atoms with Crippen LogP contribution in [0.1, 0.15) is 12.8 Å². The molecule has 7 nitrogen and oxygen atoms in total. The number of methoxy groups -OCH3 is 1. The summed E-state index contributed by atoms with van der Waals surface area (Å²) in [5.41, 5.74) is 0.141. The Morgan fingerprint density at radius 3 is 2.60 bits per heavy atom. The zero-order chi connectivity index (χ0) is 18.2. The lowest BCUT2D eigenvalue weighted by atomic mass is 10.2. The molecule has 0 heterocycles. The van der Waals surface area contributed by atoms with E-state index in [1.807, 2.05) is 0 Å². The summed E-state index contributed by atoms with van der Waals surface area (Å²) in [6.07, 6.45) is 0.700. The van der Waals surface area contributed by atoms with Gasteiger partial charge in [-0.25, -0.2) is 0 Å². The Hall–Kier alpha value is -2.80. The first-order valence-corrected chi connectivity index (χ1v) is 7.88. The fourth-order valence-electron chi connectivity index (χ4n) is 2.07. The van der Waals surface area contributed by atoms with Crippen molar-refractivity contribution < 1.29 is 19.2 Å². The molecule has 0 saturated heterocycles. The van der Waals surface area contributed by atoms with Crippen molar-refractivity contribution in [2.45, 2.75) is 12.8 Å². The van der Waals surface area contributed by atoms with E-state index in [1.165, 1.54) is 25.3 Å². The average Bonchev–Trinajstić information content (AvgIpc) is 2.60. The van der Waals surface area contributed by atoms with Crippen LogP contribution in [-0.4, -0.2) is 24.5 Å². The highest BCUT2D eigenvalue weighted by molar-refractivity contribution is 6.30. The van der Waals surface area contributed by atoms with Crippen LogP contribution in [0.4, 0.5) is 11.4 Å². The average molecular weight is 365 g/mol. The normalized spacial score (nSPS) is 10.2. The van der Waals surface area contributed by atoms with Gasteiger partial charge in [-0.3, -0.25) is 14.9 Å². The Morgan fingerprint density at radius 1 is 1.24 bits per heavy atom. The smallest absolute Gasteiger partial charge is 0.271 e. The Labute approximate surface area is 149 Å². The maximum Gasteiger partial charge on any atom is 0.271 e. The third-order valence-electron chi connectivity index (χ3n) is 3.30. The van der Waals surface area contributed by atoms with Crippen LogP contribution in [0.25, 0.3) is 0 Å². The predicted octanol–water partition coefficient (Wildman–Crippen LogP) is 4.05. The summed E-state index contributed by atoms with van der Waals surface area (Å²) in [6.45, 7) is 0.362. The lowest BCUT2D eigenvalue weighted by Gasteiger charge is -2.10. The van der Waals surface area contributed by atoms with Crippen molar-refractivity contribution in [3.8, 4) is 11.5 Å². The van der Waals surface area contributed by atoms with Gasteiger partial charge in [-0.1, -0.05) is 11.6 Å². The number of ether oxygens (including phenoxy) is 2. The Kier molecular flexibility index (Phi) is 6.59. The number of nitro benzene ring substituents is 1. The van der Waals surface area contributed by atoms with Gasteiger partial charge in [0.2, 0.25) is 5.91 Å². The molecule has 0 aliphatic rings. The molecule has 0 bridgehead atoms. The number of anilines is 1. The molecule has 0 saturated carbocycles. The van der Waals surface area contributed by atoms with Crippen LogP contribution < -0.4 is 14.8 Å². The minimum atomic E-state index is -0.533. The maximum atomic E-state index is 12.0. The number of amides is 1. The lowest BCUT2D eigenvalue weighted by molar-refractivity contribution is -0.384. The highest BCUT2D eigenvalue weighted by Gasteiger charge is 2.13. The van der Waals surface area contributed by atoms with Gasteiger partial charge >= 0.3 is 0 Å². The SMILES string of the molecule is COc1ccc([N+](=O)[O-])cc1NC(=O)CCCOc1ccc(Cl)cc1. The molecule has 2 aromatic carbocycles. The number of nitrogens with zero attached hydrogens (tertiary/aromatic N) is 1. The van der Waals surface area contributed by atoms with Gasteiger partial charge in [0.15, 0.2) is 0 Å². The third kappa shape index (κ3) is 5.65. The topological polar surface area (TPSA) is 90.7 Å². The number of carbonyl (C=O) groups is 1. The van der Waals surface area contributed by atoms with Gasteiger partial charge in [-0.05, 0) is 36.8 Å². The summed E-state index contributed by atoms with van der Waals surface area (Å²) in [6, 6.07) is 11.0. The summed E-state index contributed by atoms with van der Waals surface area (Å²) in [4.78, 5) is 22.3. The number of nitrogens with one attached hydrogen (secondary N) is 1. The second kappa shape index (κ2) is 8.89. The first kappa shape index (κ1) is 18.5. The number of benzene rings is 2. The van der Waals surface area contributed by atoms with Crippen molar-refractivity contribution in [2.24, 2.45) is 0 Å². The predicted molar refractivity (Wildman–Crippen MR) is 94.5 cm³/mol. The zero-order valence-corrected chi connectivity index (χ0v) is 14.3. The Bertz CT molecular complexity index is 749. The molecule has 2 rings (SSSR count). The summed E-state index contributed by atoms with van der Waals surface area (Å²) < 4.78 is 10.6. The molecule has 0 aromatic heterocycles. The highest BCUT2D eigenvalue weighted by Crippen LogP contribution is 2.29. The number of rotatable bonds is 8. The van der Waals surface area contributed by atoms with Gasteiger partial charge in [0.1, 0.15) is 11.5 Å². The molecule has 132 valence electrons. The second-order valence-corrected chi connectivity index (χ2v) is 5.53. The third-order valence-corrected chi connectivity index (χ3v) is 3.55. The van der Waals surface area contributed by atoms with E-state index in [9.17, 15) is 14.9 Å². The first-order valence-electron chi connectivity index (χ1n) is 7.50. The van der Waals surface area contributed by atoms with Crippen LogP contribution in [0, 0.1) is 10.1 Å². The quantitative estimate of drug-likeness (QED) is 0.433. The molecule has 0 aliphatic heterocycles. The van der Waals surface area contributed by atoms with E-state index in [-0.39, 0.29) is 23.7 Å². The summed E-state index contributed by atoms with van der Waals surface area (Å²) in [5, 5.41) is 14.1. The van der Waals surface area contributed by atoms with E-state index in [0.717, 1.165) is 0 Å². The molecule has 0 atom stereocenters. The van der Waals surface area contributed by atoms with Crippen LogP contribution >= 0.6 is 11.6 Å². The van der Waals surface area contributed by atoms with Crippen molar-refractivity contribution >= 4 is 28.9 Å². The number of halogens is 1. The standard InChI is InChI=1S/C17H17ClN2O5/c1-24-16-9-6-13(20(22)23)11-15(16)19-17(21)3-2-10-25-14-7-4-12(18)5-8-14/h4-9,11H,2-3,10H2,1H3,(H,19,21). The zero-order valence-electron chi connectivity index (χ0n) is 13.5. The number of hydrogen-bond acceptors (Lipinski definition) is 5. The van der Waals surface area contributed by atoms with Crippen LogP contribution in [0.3, 0.4) is 0 Å². The number of nitro groups is 1.